The summed E-state index contributed by atoms with van der Waals surface area (Å²) in [6.07, 6.45) is 0.804. The fourth-order valence-corrected chi connectivity index (χ4v) is 2.71. The molecule has 1 heterocycles. The lowest BCUT2D eigenvalue weighted by Gasteiger charge is -2.09. The van der Waals surface area contributed by atoms with Crippen molar-refractivity contribution in [1.29, 1.82) is 0 Å². The Morgan fingerprint density at radius 2 is 1.91 bits per heavy atom. The number of hydrogen-bond donors (Lipinski definition) is 1. The van der Waals surface area contributed by atoms with Gasteiger partial charge in [0.25, 0.3) is 5.91 Å². The van der Waals surface area contributed by atoms with Crippen LogP contribution in [0.3, 0.4) is 0 Å². The molecule has 0 saturated heterocycles. The van der Waals surface area contributed by atoms with Crippen LogP contribution in [0, 0.1) is 6.92 Å². The zero-order chi connectivity index (χ0) is 16.2. The van der Waals surface area contributed by atoms with E-state index in [2.05, 4.69) is 22.4 Å². The third-order valence-corrected chi connectivity index (χ3v) is 3.99. The summed E-state index contributed by atoms with van der Waals surface area (Å²) >= 11 is 6.01. The van der Waals surface area contributed by atoms with E-state index in [-0.39, 0.29) is 5.91 Å². The number of fused-ring (bicyclic) bond motifs is 1. The Hall–Kier alpha value is -2.39. The maximum absolute atomic E-state index is 12.4. The van der Waals surface area contributed by atoms with E-state index >= 15 is 0 Å². The van der Waals surface area contributed by atoms with Gasteiger partial charge in [0.15, 0.2) is 0 Å². The fraction of sp³-hybridized carbons (Fsp3) is 0.158. The molecule has 1 amide bonds. The summed E-state index contributed by atoms with van der Waals surface area (Å²) in [6, 6.07) is 17.4. The number of benzene rings is 2. The van der Waals surface area contributed by atoms with Crippen LogP contribution in [0.5, 0.6) is 0 Å². The first-order chi connectivity index (χ1) is 11.1. The van der Waals surface area contributed by atoms with E-state index in [0.29, 0.717) is 17.1 Å². The van der Waals surface area contributed by atoms with Gasteiger partial charge in [0.2, 0.25) is 0 Å². The van der Waals surface area contributed by atoms with E-state index < -0.39 is 0 Å². The van der Waals surface area contributed by atoms with Gasteiger partial charge in [0.1, 0.15) is 0 Å². The highest BCUT2D eigenvalue weighted by Gasteiger charge is 2.11. The highest BCUT2D eigenvalue weighted by atomic mass is 35.5. The smallest absolute Gasteiger partial charge is 0.253 e. The van der Waals surface area contributed by atoms with Crippen LogP contribution in [-0.2, 0) is 6.42 Å². The molecule has 116 valence electrons. The van der Waals surface area contributed by atoms with Crippen LogP contribution in [0.4, 0.5) is 0 Å². The maximum Gasteiger partial charge on any atom is 0.253 e. The van der Waals surface area contributed by atoms with Gasteiger partial charge in [0, 0.05) is 17.0 Å². The average Bonchev–Trinajstić information content (AvgIpc) is 2.55. The van der Waals surface area contributed by atoms with Crippen molar-refractivity contribution < 1.29 is 4.79 Å². The van der Waals surface area contributed by atoms with Crippen LogP contribution in [0.25, 0.3) is 10.9 Å². The van der Waals surface area contributed by atoms with Crippen molar-refractivity contribution in [1.82, 2.24) is 10.3 Å². The normalized spacial score (nSPS) is 10.7. The minimum absolute atomic E-state index is 0.104. The van der Waals surface area contributed by atoms with Crippen LogP contribution < -0.4 is 5.32 Å². The molecule has 3 rings (SSSR count). The molecular weight excluding hydrogens is 308 g/mol. The van der Waals surface area contributed by atoms with Gasteiger partial charge in [0.05, 0.1) is 16.8 Å². The molecule has 23 heavy (non-hydrogen) atoms. The van der Waals surface area contributed by atoms with E-state index in [0.717, 1.165) is 23.0 Å². The summed E-state index contributed by atoms with van der Waals surface area (Å²) in [5.41, 5.74) is 3.35. The van der Waals surface area contributed by atoms with Gasteiger partial charge in [-0.25, -0.2) is 0 Å². The van der Waals surface area contributed by atoms with E-state index in [4.69, 9.17) is 11.6 Å². The second-order valence-electron chi connectivity index (χ2n) is 5.45. The molecule has 1 aromatic heterocycles. The second-order valence-corrected chi connectivity index (χ2v) is 5.89. The highest BCUT2D eigenvalue weighted by molar-refractivity contribution is 6.31. The minimum Gasteiger partial charge on any atom is -0.352 e. The predicted molar refractivity (Wildman–Crippen MR) is 94.0 cm³/mol. The molecule has 0 aliphatic carbocycles. The maximum atomic E-state index is 12.4. The second kappa shape index (κ2) is 6.80. The number of aryl methyl sites for hydroxylation is 1. The first-order valence-corrected chi connectivity index (χ1v) is 7.90. The molecular formula is C19H17ClN2O. The molecule has 4 heteroatoms. The number of hydrogen-bond acceptors (Lipinski definition) is 2. The van der Waals surface area contributed by atoms with Gasteiger partial charge in [-0.15, -0.1) is 0 Å². The molecule has 3 aromatic rings. The van der Waals surface area contributed by atoms with E-state index in [1.165, 1.54) is 5.56 Å². The molecule has 0 unspecified atom stereocenters. The Bertz CT molecular complexity index is 847. The van der Waals surface area contributed by atoms with Crippen LogP contribution in [0.1, 0.15) is 21.6 Å². The number of carbonyl (C=O) groups is 1. The lowest BCUT2D eigenvalue weighted by molar-refractivity contribution is 0.0953. The zero-order valence-electron chi connectivity index (χ0n) is 12.8. The molecule has 0 fully saturated rings. The quantitative estimate of drug-likeness (QED) is 0.782. The number of nitrogens with zero attached hydrogens (tertiary/aromatic N) is 1. The third-order valence-electron chi connectivity index (χ3n) is 3.75. The van der Waals surface area contributed by atoms with Crippen molar-refractivity contribution in [3.05, 3.63) is 76.4 Å². The lowest BCUT2D eigenvalue weighted by Crippen LogP contribution is -2.26. The molecule has 0 aliphatic rings. The Balaban J connectivity index is 1.74. The fourth-order valence-electron chi connectivity index (χ4n) is 2.53. The van der Waals surface area contributed by atoms with Crippen LogP contribution in [0.15, 0.2) is 54.6 Å². The summed E-state index contributed by atoms with van der Waals surface area (Å²) in [6.45, 7) is 2.44. The SMILES string of the molecule is Cc1nc2ccc(Cl)cc2cc1C(=O)NCCc1ccccc1. The first-order valence-electron chi connectivity index (χ1n) is 7.52. The monoisotopic (exact) mass is 324 g/mol. The van der Waals surface area contributed by atoms with Crippen LogP contribution >= 0.6 is 11.6 Å². The van der Waals surface area contributed by atoms with Gasteiger partial charge in [-0.05, 0) is 43.2 Å². The molecule has 2 aromatic carbocycles. The van der Waals surface area contributed by atoms with Gasteiger partial charge in [-0.1, -0.05) is 41.9 Å². The Labute approximate surface area is 140 Å². The van der Waals surface area contributed by atoms with Crippen molar-refractivity contribution in [2.45, 2.75) is 13.3 Å². The molecule has 0 bridgehead atoms. The summed E-state index contributed by atoms with van der Waals surface area (Å²) in [5, 5.41) is 4.46. The molecule has 0 spiro atoms. The highest BCUT2D eigenvalue weighted by Crippen LogP contribution is 2.20. The molecule has 1 N–H and O–H groups in total. The molecule has 0 saturated carbocycles. The van der Waals surface area contributed by atoms with E-state index in [9.17, 15) is 4.79 Å². The lowest BCUT2D eigenvalue weighted by atomic mass is 10.1. The number of amides is 1. The van der Waals surface area contributed by atoms with Crippen molar-refractivity contribution in [3.8, 4) is 0 Å². The summed E-state index contributed by atoms with van der Waals surface area (Å²) < 4.78 is 0. The Morgan fingerprint density at radius 1 is 1.13 bits per heavy atom. The molecule has 0 atom stereocenters. The van der Waals surface area contributed by atoms with Crippen LogP contribution in [0.2, 0.25) is 5.02 Å². The standard InChI is InChI=1S/C19H17ClN2O/c1-13-17(12-15-11-16(20)7-8-18(15)22-13)19(23)21-10-9-14-5-3-2-4-6-14/h2-8,11-12H,9-10H2,1H3,(H,21,23). The number of rotatable bonds is 4. The Kier molecular flexibility index (Phi) is 4.58. The zero-order valence-corrected chi connectivity index (χ0v) is 13.6. The summed E-state index contributed by atoms with van der Waals surface area (Å²) in [4.78, 5) is 16.9. The predicted octanol–water partition coefficient (Wildman–Crippen LogP) is 4.17. The average molecular weight is 325 g/mol. The van der Waals surface area contributed by atoms with Gasteiger partial charge in [-0.3, -0.25) is 9.78 Å². The van der Waals surface area contributed by atoms with Crippen molar-refractivity contribution in [3.63, 3.8) is 0 Å². The van der Waals surface area contributed by atoms with E-state index in [1.54, 1.807) is 6.07 Å². The largest absolute Gasteiger partial charge is 0.352 e. The minimum atomic E-state index is -0.104. The molecule has 3 nitrogen and oxygen atoms in total. The Morgan fingerprint density at radius 3 is 2.70 bits per heavy atom. The summed E-state index contributed by atoms with van der Waals surface area (Å²) in [7, 11) is 0. The topological polar surface area (TPSA) is 42.0 Å². The third kappa shape index (κ3) is 3.69. The number of aromatic nitrogens is 1. The number of pyridine rings is 1. The van der Waals surface area contributed by atoms with Crippen molar-refractivity contribution in [2.24, 2.45) is 0 Å². The van der Waals surface area contributed by atoms with Crippen molar-refractivity contribution >= 4 is 28.4 Å². The van der Waals surface area contributed by atoms with Gasteiger partial charge in [-0.2, -0.15) is 0 Å². The van der Waals surface area contributed by atoms with Crippen molar-refractivity contribution in [2.75, 3.05) is 6.54 Å². The number of carbonyl (C=O) groups excluding carboxylic acids is 1. The summed E-state index contributed by atoms with van der Waals surface area (Å²) in [5.74, 6) is -0.104. The number of halogens is 1. The van der Waals surface area contributed by atoms with Gasteiger partial charge >= 0.3 is 0 Å². The van der Waals surface area contributed by atoms with Gasteiger partial charge < -0.3 is 5.32 Å². The number of nitrogens with one attached hydrogen (secondary N) is 1. The molecule has 0 radical (unpaired) electrons. The van der Waals surface area contributed by atoms with Crippen LogP contribution in [-0.4, -0.2) is 17.4 Å². The first kappa shape index (κ1) is 15.5. The van der Waals surface area contributed by atoms with E-state index in [1.807, 2.05) is 43.3 Å². The molecule has 0 aliphatic heterocycles.